The lowest BCUT2D eigenvalue weighted by atomic mass is 9.97. The van der Waals surface area contributed by atoms with Crippen LogP contribution in [-0.2, 0) is 15.5 Å². The van der Waals surface area contributed by atoms with Crippen LogP contribution in [-0.4, -0.2) is 20.7 Å². The van der Waals surface area contributed by atoms with Crippen LogP contribution >= 0.6 is 7.82 Å². The van der Waals surface area contributed by atoms with Gasteiger partial charge >= 0.3 is 7.82 Å². The van der Waals surface area contributed by atoms with Crippen LogP contribution in [0.4, 0.5) is 0 Å². The number of phosphoric ester groups is 1. The van der Waals surface area contributed by atoms with E-state index in [2.05, 4.69) is 6.92 Å². The van der Waals surface area contributed by atoms with Gasteiger partial charge in [0.05, 0.1) is 5.56 Å². The first-order valence-corrected chi connectivity index (χ1v) is 10.9. The molecule has 28 heavy (non-hydrogen) atoms. The lowest BCUT2D eigenvalue weighted by molar-refractivity contribution is -0.0956. The molecule has 7 heteroatoms. The maximum Gasteiger partial charge on any atom is 0.472 e. The van der Waals surface area contributed by atoms with Crippen molar-refractivity contribution in [2.45, 2.75) is 59.2 Å². The fraction of sp³-hybridized carbons (Fsp3) is 0.429. The van der Waals surface area contributed by atoms with Crippen molar-refractivity contribution in [1.82, 2.24) is 0 Å². The van der Waals surface area contributed by atoms with Crippen LogP contribution in [0, 0.1) is 6.92 Å². The van der Waals surface area contributed by atoms with E-state index in [0.29, 0.717) is 11.3 Å². The summed E-state index contributed by atoms with van der Waals surface area (Å²) in [5.74, 6) is -1.22. The van der Waals surface area contributed by atoms with Gasteiger partial charge in [-0.3, -0.25) is 0 Å². The molecule has 2 aromatic carbocycles. The third-order valence-corrected chi connectivity index (χ3v) is 4.89. The zero-order valence-corrected chi connectivity index (χ0v) is 17.7. The van der Waals surface area contributed by atoms with E-state index in [1.807, 2.05) is 31.2 Å². The van der Waals surface area contributed by atoms with Gasteiger partial charge in [-0.05, 0) is 43.0 Å². The van der Waals surface area contributed by atoms with Crippen molar-refractivity contribution in [3.8, 4) is 22.6 Å². The number of unbranched alkanes of at least 4 members (excludes halogenated alkanes) is 2. The number of rotatable bonds is 9. The second-order valence-corrected chi connectivity index (χ2v) is 8.56. The number of phenolic OH excluding ortho intramolecular Hbond substituents is 1. The van der Waals surface area contributed by atoms with E-state index < -0.39 is 13.6 Å². The number of phenols is 1. The highest BCUT2D eigenvalue weighted by atomic mass is 31.2. The largest absolute Gasteiger partial charge is 0.507 e. The first-order valence-electron chi connectivity index (χ1n) is 9.39. The Morgan fingerprint density at radius 2 is 1.82 bits per heavy atom. The molecule has 0 radical (unpaired) electrons. The predicted molar refractivity (Wildman–Crippen MR) is 109 cm³/mol. The minimum absolute atomic E-state index is 0.0570. The van der Waals surface area contributed by atoms with Crippen LogP contribution < -0.4 is 4.74 Å². The summed E-state index contributed by atoms with van der Waals surface area (Å²) in [4.78, 5) is 18.3. The summed E-state index contributed by atoms with van der Waals surface area (Å²) in [6, 6.07) is 11.1. The van der Waals surface area contributed by atoms with Crippen molar-refractivity contribution in [1.29, 1.82) is 0 Å². The van der Waals surface area contributed by atoms with E-state index in [0.717, 1.165) is 42.4 Å². The molecule has 2 rings (SSSR count). The number of hydrogen-bond acceptors (Lipinski definition) is 4. The number of ether oxygens (including phenoxy) is 1. The van der Waals surface area contributed by atoms with Crippen LogP contribution in [0.3, 0.4) is 0 Å². The van der Waals surface area contributed by atoms with Crippen molar-refractivity contribution in [2.24, 2.45) is 0 Å². The smallest absolute Gasteiger partial charge is 0.472 e. The maximum absolute atomic E-state index is 11.3. The summed E-state index contributed by atoms with van der Waals surface area (Å²) in [6.45, 7) is 6.91. The van der Waals surface area contributed by atoms with Crippen molar-refractivity contribution in [3.63, 3.8) is 0 Å². The minimum Gasteiger partial charge on any atom is -0.507 e. The topological polar surface area (TPSA) is 96.2 Å². The molecule has 0 amide bonds. The Morgan fingerprint density at radius 3 is 2.43 bits per heavy atom. The number of benzene rings is 2. The van der Waals surface area contributed by atoms with Crippen LogP contribution in [0.25, 0.3) is 11.1 Å². The molecule has 0 aliphatic heterocycles. The number of phosphoric acid groups is 1. The van der Waals surface area contributed by atoms with Gasteiger partial charge in [0.25, 0.3) is 0 Å². The normalized spacial score (nSPS) is 12.2. The number of hydrogen-bond donors (Lipinski definition) is 3. The van der Waals surface area contributed by atoms with E-state index in [1.165, 1.54) is 13.8 Å². The lowest BCUT2D eigenvalue weighted by Gasteiger charge is -2.28. The van der Waals surface area contributed by atoms with Crippen molar-refractivity contribution in [3.05, 3.63) is 47.5 Å². The van der Waals surface area contributed by atoms with Gasteiger partial charge in [-0.25, -0.2) is 9.09 Å². The highest BCUT2D eigenvalue weighted by molar-refractivity contribution is 7.46. The zero-order valence-electron chi connectivity index (χ0n) is 16.8. The third-order valence-electron chi connectivity index (χ3n) is 4.21. The Kier molecular flexibility index (Phi) is 7.29. The fourth-order valence-corrected chi connectivity index (χ4v) is 3.73. The summed E-state index contributed by atoms with van der Waals surface area (Å²) in [5.41, 5.74) is 3.12. The van der Waals surface area contributed by atoms with Gasteiger partial charge in [-0.1, -0.05) is 49.6 Å². The number of aromatic hydroxyl groups is 1. The van der Waals surface area contributed by atoms with E-state index in [9.17, 15) is 9.67 Å². The average Bonchev–Trinajstić information content (AvgIpc) is 2.52. The van der Waals surface area contributed by atoms with Crippen LogP contribution in [0.15, 0.2) is 36.4 Å². The molecule has 6 nitrogen and oxygen atoms in total. The van der Waals surface area contributed by atoms with Crippen LogP contribution in [0.2, 0.25) is 0 Å². The van der Waals surface area contributed by atoms with Gasteiger partial charge in [0.1, 0.15) is 11.5 Å². The van der Waals surface area contributed by atoms with Crippen molar-refractivity contribution in [2.75, 3.05) is 0 Å². The molecule has 0 saturated heterocycles. The monoisotopic (exact) mass is 408 g/mol. The quantitative estimate of drug-likeness (QED) is 0.295. The highest BCUT2D eigenvalue weighted by Crippen LogP contribution is 2.45. The Morgan fingerprint density at radius 1 is 1.11 bits per heavy atom. The van der Waals surface area contributed by atoms with Crippen molar-refractivity contribution < 1.29 is 28.7 Å². The van der Waals surface area contributed by atoms with Gasteiger partial charge in [0.2, 0.25) is 5.79 Å². The van der Waals surface area contributed by atoms with E-state index in [-0.39, 0.29) is 5.75 Å². The molecule has 0 unspecified atom stereocenters. The molecule has 0 saturated carbocycles. The summed E-state index contributed by atoms with van der Waals surface area (Å²) in [6.07, 6.45) is 3.90. The molecular weight excluding hydrogens is 379 g/mol. The lowest BCUT2D eigenvalue weighted by Crippen LogP contribution is -2.31. The summed E-state index contributed by atoms with van der Waals surface area (Å²) < 4.78 is 21.9. The SMILES string of the molecule is CCCCCc1cc(O)c(-c2cccc(C)c2)c(OC(C)(C)OP(=O)(O)O)c1. The van der Waals surface area contributed by atoms with Gasteiger partial charge < -0.3 is 19.6 Å². The third kappa shape index (κ3) is 6.64. The zero-order chi connectivity index (χ0) is 20.9. The molecule has 2 aromatic rings. The maximum atomic E-state index is 11.3. The Balaban J connectivity index is 2.49. The first-order chi connectivity index (χ1) is 13.0. The molecule has 154 valence electrons. The first kappa shape index (κ1) is 22.4. The Hall–Kier alpha value is -1.85. The molecule has 0 aliphatic carbocycles. The van der Waals surface area contributed by atoms with E-state index >= 15 is 0 Å². The van der Waals surface area contributed by atoms with Crippen LogP contribution in [0.1, 0.15) is 51.2 Å². The molecule has 0 heterocycles. The van der Waals surface area contributed by atoms with Crippen LogP contribution in [0.5, 0.6) is 11.5 Å². The highest BCUT2D eigenvalue weighted by Gasteiger charge is 2.32. The van der Waals surface area contributed by atoms with Crippen molar-refractivity contribution >= 4 is 7.82 Å². The van der Waals surface area contributed by atoms with Gasteiger partial charge in [-0.2, -0.15) is 0 Å². The van der Waals surface area contributed by atoms with Gasteiger partial charge in [0, 0.05) is 13.8 Å². The number of aryl methyl sites for hydroxylation is 2. The summed E-state index contributed by atoms with van der Waals surface area (Å²) in [7, 11) is -4.75. The second-order valence-electron chi connectivity index (χ2n) is 7.40. The molecule has 0 fully saturated rings. The summed E-state index contributed by atoms with van der Waals surface area (Å²) in [5, 5.41) is 10.7. The molecule has 0 bridgehead atoms. The Labute approximate surface area is 166 Å². The molecule has 0 aromatic heterocycles. The summed E-state index contributed by atoms with van der Waals surface area (Å²) >= 11 is 0. The molecule has 0 aliphatic rings. The average molecular weight is 408 g/mol. The molecule has 0 spiro atoms. The van der Waals surface area contributed by atoms with Gasteiger partial charge in [-0.15, -0.1) is 0 Å². The fourth-order valence-electron chi connectivity index (χ4n) is 3.12. The predicted octanol–water partition coefficient (Wildman–Crippen LogP) is 5.32. The molecular formula is C21H29O6P. The molecule has 3 N–H and O–H groups in total. The second kappa shape index (κ2) is 9.10. The Bertz CT molecular complexity index is 856. The molecule has 0 atom stereocenters. The van der Waals surface area contributed by atoms with E-state index in [1.54, 1.807) is 12.1 Å². The minimum atomic E-state index is -4.75. The van der Waals surface area contributed by atoms with E-state index in [4.69, 9.17) is 19.0 Å². The van der Waals surface area contributed by atoms with Gasteiger partial charge in [0.15, 0.2) is 0 Å². The standard InChI is InChI=1S/C21H29O6P/c1-5-6-7-10-16-13-18(22)20(17-11-8-9-15(2)12-17)19(14-16)26-21(3,4)27-28(23,24)25/h8-9,11-14,22H,5-7,10H2,1-4H3,(H2,23,24,25).